The molecule has 3 unspecified atom stereocenters. The molecular formula is C7H18N2S. The van der Waals surface area contributed by atoms with Crippen molar-refractivity contribution < 1.29 is 1.43 Å². The zero-order chi connectivity index (χ0) is 6.43. The van der Waals surface area contributed by atoms with Crippen LogP contribution in [0.1, 0.15) is 7.85 Å². The van der Waals surface area contributed by atoms with E-state index in [1.165, 1.54) is 13.0 Å². The van der Waals surface area contributed by atoms with Gasteiger partial charge in [0, 0.05) is 20.1 Å². The van der Waals surface area contributed by atoms with Crippen molar-refractivity contribution in [2.45, 2.75) is 18.5 Å². The zero-order valence-electron chi connectivity index (χ0n) is 6.59. The van der Waals surface area contributed by atoms with Crippen LogP contribution in [0.3, 0.4) is 0 Å². The van der Waals surface area contributed by atoms with Crippen molar-refractivity contribution in [2.75, 3.05) is 20.6 Å². The Morgan fingerprint density at radius 1 is 1.60 bits per heavy atom. The normalized spacial score (nSPS) is 44.4. The lowest BCUT2D eigenvalue weighted by atomic mass is 9.80. The topological polar surface area (TPSA) is 15.3 Å². The predicted octanol–water partition coefficient (Wildman–Crippen LogP) is 0.267. The molecule has 0 aromatic rings. The number of rotatable bonds is 1. The lowest BCUT2D eigenvalue weighted by Gasteiger charge is -2.35. The smallest absolute Gasteiger partial charge is 0.0261 e. The van der Waals surface area contributed by atoms with E-state index in [0.29, 0.717) is 0 Å². The highest BCUT2D eigenvalue weighted by Gasteiger charge is 2.49. The van der Waals surface area contributed by atoms with Gasteiger partial charge < -0.3 is 10.2 Å². The number of hydrogen-bond donors (Lipinski definition) is 1. The fourth-order valence-corrected chi connectivity index (χ4v) is 2.30. The molecule has 1 aliphatic carbocycles. The van der Waals surface area contributed by atoms with Crippen LogP contribution in [0, 0.1) is 5.92 Å². The van der Waals surface area contributed by atoms with Crippen molar-refractivity contribution >= 4 is 13.5 Å². The molecule has 0 aromatic heterocycles. The van der Waals surface area contributed by atoms with E-state index in [0.717, 1.165) is 18.0 Å². The number of fused-ring (bicyclic) bond motifs is 1. The van der Waals surface area contributed by atoms with E-state index in [1.54, 1.807) is 0 Å². The minimum Gasteiger partial charge on any atom is -0.315 e. The minimum absolute atomic E-state index is 0. The first-order chi connectivity index (χ1) is 4.33. The number of nitrogens with zero attached hydrogens (tertiary/aromatic N) is 1. The fraction of sp³-hybridized carbons (Fsp3) is 1.00. The van der Waals surface area contributed by atoms with E-state index in [9.17, 15) is 0 Å². The molecule has 2 heterocycles. The van der Waals surface area contributed by atoms with E-state index in [1.807, 2.05) is 0 Å². The molecule has 2 nitrogen and oxygen atoms in total. The van der Waals surface area contributed by atoms with Crippen molar-refractivity contribution in [1.82, 2.24) is 10.2 Å². The molecule has 3 atom stereocenters. The summed E-state index contributed by atoms with van der Waals surface area (Å²) in [5, 5.41) is 3.35. The first kappa shape index (κ1) is 8.37. The average Bonchev–Trinajstić information content (AvgIpc) is 2.22. The third kappa shape index (κ3) is 0.881. The maximum Gasteiger partial charge on any atom is 0.0261 e. The van der Waals surface area contributed by atoms with Crippen molar-refractivity contribution in [1.29, 1.82) is 0 Å². The first-order valence-corrected chi connectivity index (χ1v) is 3.70. The fourth-order valence-electron chi connectivity index (χ4n) is 2.30. The van der Waals surface area contributed by atoms with Gasteiger partial charge in [0.1, 0.15) is 0 Å². The van der Waals surface area contributed by atoms with Gasteiger partial charge in [0.2, 0.25) is 0 Å². The Morgan fingerprint density at radius 2 is 2.30 bits per heavy atom. The lowest BCUT2D eigenvalue weighted by Crippen LogP contribution is -2.50. The highest BCUT2D eigenvalue weighted by Crippen LogP contribution is 2.39. The molecule has 2 aliphatic heterocycles. The molecule has 0 aromatic carbocycles. The quantitative estimate of drug-likeness (QED) is 0.595. The summed E-state index contributed by atoms with van der Waals surface area (Å²) in [5.74, 6) is 0.963. The Labute approximate surface area is 70.9 Å². The van der Waals surface area contributed by atoms with Gasteiger partial charge >= 0.3 is 0 Å². The summed E-state index contributed by atoms with van der Waals surface area (Å²) in [6.07, 6.45) is 1.43. The maximum absolute atomic E-state index is 3.35. The largest absolute Gasteiger partial charge is 0.315 e. The van der Waals surface area contributed by atoms with Crippen molar-refractivity contribution in [3.05, 3.63) is 0 Å². The zero-order valence-corrected chi connectivity index (χ0v) is 7.59. The van der Waals surface area contributed by atoms with Crippen LogP contribution >= 0.6 is 13.5 Å². The summed E-state index contributed by atoms with van der Waals surface area (Å²) >= 11 is 0. The SMILES string of the molecule is CNC1C2CC1N(C)C2.S.[HH]. The van der Waals surface area contributed by atoms with E-state index in [4.69, 9.17) is 0 Å². The monoisotopic (exact) mass is 162 g/mol. The second-order valence-corrected chi connectivity index (χ2v) is 3.32. The van der Waals surface area contributed by atoms with Crippen molar-refractivity contribution in [3.8, 4) is 0 Å². The molecule has 10 heavy (non-hydrogen) atoms. The van der Waals surface area contributed by atoms with Gasteiger partial charge in [-0.3, -0.25) is 0 Å². The molecular weight excluding hydrogens is 144 g/mol. The van der Waals surface area contributed by atoms with Gasteiger partial charge in [-0.1, -0.05) is 0 Å². The van der Waals surface area contributed by atoms with Gasteiger partial charge in [0.25, 0.3) is 0 Å². The van der Waals surface area contributed by atoms with Gasteiger partial charge in [-0.05, 0) is 26.4 Å². The third-order valence-electron chi connectivity index (χ3n) is 2.89. The van der Waals surface area contributed by atoms with Crippen LogP contribution in [0.4, 0.5) is 0 Å². The number of likely N-dealkylation sites (N-methyl/N-ethyl adjacent to an activating group) is 2. The maximum atomic E-state index is 3.35. The summed E-state index contributed by atoms with van der Waals surface area (Å²) in [7, 11) is 4.30. The second-order valence-electron chi connectivity index (χ2n) is 3.32. The summed E-state index contributed by atoms with van der Waals surface area (Å²) < 4.78 is 0. The van der Waals surface area contributed by atoms with Gasteiger partial charge in [0.15, 0.2) is 0 Å². The van der Waals surface area contributed by atoms with Gasteiger partial charge in [-0.2, -0.15) is 13.5 Å². The average molecular weight is 162 g/mol. The Hall–Kier alpha value is 0.270. The van der Waals surface area contributed by atoms with Gasteiger partial charge in [-0.15, -0.1) is 0 Å². The molecule has 2 bridgehead atoms. The van der Waals surface area contributed by atoms with Crippen LogP contribution in [-0.2, 0) is 0 Å². The van der Waals surface area contributed by atoms with Crippen LogP contribution in [0.2, 0.25) is 0 Å². The summed E-state index contributed by atoms with van der Waals surface area (Å²) in [4.78, 5) is 2.46. The number of hydrogen-bond acceptors (Lipinski definition) is 2. The Morgan fingerprint density at radius 3 is 2.50 bits per heavy atom. The molecule has 3 fully saturated rings. The standard InChI is InChI=1S/C7H14N2.H2S.H2/c1-8-7-5-3-6(7)9(2)4-5;;/h5-8H,3-4H2,1-2H3;1H2;1H. The molecule has 0 amide bonds. The van der Waals surface area contributed by atoms with Crippen LogP contribution in [0.15, 0.2) is 0 Å². The van der Waals surface area contributed by atoms with Crippen LogP contribution in [0.5, 0.6) is 0 Å². The van der Waals surface area contributed by atoms with Gasteiger partial charge in [-0.25, -0.2) is 0 Å². The molecule has 3 heteroatoms. The van der Waals surface area contributed by atoms with Crippen molar-refractivity contribution in [3.63, 3.8) is 0 Å². The van der Waals surface area contributed by atoms with E-state index >= 15 is 0 Å². The molecule has 1 saturated carbocycles. The first-order valence-electron chi connectivity index (χ1n) is 3.70. The second kappa shape index (κ2) is 2.72. The van der Waals surface area contributed by atoms with Gasteiger partial charge in [0.05, 0.1) is 0 Å². The Balaban J connectivity index is 0.000000500. The van der Waals surface area contributed by atoms with E-state index in [-0.39, 0.29) is 14.9 Å². The van der Waals surface area contributed by atoms with Crippen LogP contribution < -0.4 is 5.32 Å². The molecule has 62 valence electrons. The Bertz CT molecular complexity index is 134. The molecule has 1 N–H and O–H groups in total. The summed E-state index contributed by atoms with van der Waals surface area (Å²) in [6, 6.07) is 1.68. The molecule has 0 spiro atoms. The van der Waals surface area contributed by atoms with Crippen LogP contribution in [-0.4, -0.2) is 37.6 Å². The summed E-state index contributed by atoms with van der Waals surface area (Å²) in [6.45, 7) is 1.32. The lowest BCUT2D eigenvalue weighted by molar-refractivity contribution is 0.211. The molecule has 2 saturated heterocycles. The van der Waals surface area contributed by atoms with E-state index in [2.05, 4.69) is 24.3 Å². The third-order valence-corrected chi connectivity index (χ3v) is 2.89. The Kier molecular flexibility index (Phi) is 2.28. The highest BCUT2D eigenvalue weighted by atomic mass is 32.1. The number of nitrogens with one attached hydrogen (secondary N) is 1. The molecule has 0 radical (unpaired) electrons. The van der Waals surface area contributed by atoms with E-state index < -0.39 is 0 Å². The van der Waals surface area contributed by atoms with Crippen molar-refractivity contribution in [2.24, 2.45) is 5.92 Å². The van der Waals surface area contributed by atoms with Crippen LogP contribution in [0.25, 0.3) is 0 Å². The summed E-state index contributed by atoms with van der Waals surface area (Å²) in [5.41, 5.74) is 0. The highest BCUT2D eigenvalue weighted by molar-refractivity contribution is 7.59. The predicted molar refractivity (Wildman–Crippen MR) is 49.9 cm³/mol. The molecule has 3 aliphatic rings. The molecule has 3 rings (SSSR count). The minimum atomic E-state index is 0.